The van der Waals surface area contributed by atoms with Crippen molar-refractivity contribution in [1.29, 1.82) is 0 Å². The van der Waals surface area contributed by atoms with Crippen LogP contribution in [0.5, 0.6) is 0 Å². The second-order valence-corrected chi connectivity index (χ2v) is 3.37. The Morgan fingerprint density at radius 2 is 2.35 bits per heavy atom. The molecule has 0 aromatic heterocycles. The van der Waals surface area contributed by atoms with Crippen LogP contribution >= 0.6 is 11.6 Å². The predicted octanol–water partition coefficient (Wildman–Crippen LogP) is 1.68. The molecule has 0 atom stereocenters. The molecule has 1 rings (SSSR count). The van der Waals surface area contributed by atoms with Gasteiger partial charge in [0.2, 0.25) is 0 Å². The molecule has 88 valence electrons. The third kappa shape index (κ3) is 3.23. The van der Waals surface area contributed by atoms with Crippen LogP contribution in [0.2, 0.25) is 0 Å². The molecule has 5 heteroatoms. The molecule has 0 saturated carbocycles. The molecular formula is C12H11ClN2O2. The number of halogens is 1. The highest BCUT2D eigenvalue weighted by atomic mass is 35.5. The second-order valence-electron chi connectivity index (χ2n) is 3.10. The van der Waals surface area contributed by atoms with Gasteiger partial charge in [0.25, 0.3) is 0 Å². The Hall–Kier alpha value is -1.99. The number of hydrogen-bond acceptors (Lipinski definition) is 3. The lowest BCUT2D eigenvalue weighted by molar-refractivity contribution is 0.0601. The molecule has 1 aromatic carbocycles. The summed E-state index contributed by atoms with van der Waals surface area (Å²) >= 11 is 5.53. The molecule has 17 heavy (non-hydrogen) atoms. The molecule has 2 N–H and O–H groups in total. The molecule has 0 unspecified atom stereocenters. The van der Waals surface area contributed by atoms with Gasteiger partial charge in [0.05, 0.1) is 29.8 Å². The van der Waals surface area contributed by atoms with E-state index in [0.29, 0.717) is 16.8 Å². The summed E-state index contributed by atoms with van der Waals surface area (Å²) in [5.41, 5.74) is 6.83. The first-order valence-corrected chi connectivity index (χ1v) is 5.23. The topological polar surface area (TPSA) is 64.7 Å². The third-order valence-corrected chi connectivity index (χ3v) is 2.25. The molecule has 0 radical (unpaired) electrons. The van der Waals surface area contributed by atoms with Gasteiger partial charge >= 0.3 is 5.97 Å². The number of hydrogen-bond donors (Lipinski definition) is 1. The van der Waals surface area contributed by atoms with Crippen LogP contribution in [0.3, 0.4) is 0 Å². The van der Waals surface area contributed by atoms with E-state index in [0.717, 1.165) is 0 Å². The van der Waals surface area contributed by atoms with Gasteiger partial charge in [-0.05, 0) is 18.2 Å². The fourth-order valence-corrected chi connectivity index (χ4v) is 1.24. The Labute approximate surface area is 104 Å². The normalized spacial score (nSPS) is 10.8. The Balaban J connectivity index is 3.26. The van der Waals surface area contributed by atoms with Crippen LogP contribution in [-0.2, 0) is 4.74 Å². The monoisotopic (exact) mass is 250 g/mol. The van der Waals surface area contributed by atoms with Crippen LogP contribution in [0.15, 0.2) is 23.2 Å². The minimum atomic E-state index is -0.463. The standard InChI is InChI=1S/C12H11ClN2O2/c1-3-8-4-5-9(12(16)17-2)6-10(8)15-11(14)7-13/h1,4-6H,7H2,2H3,(H2,14,15). The van der Waals surface area contributed by atoms with E-state index in [2.05, 4.69) is 15.6 Å². The van der Waals surface area contributed by atoms with Crippen LogP contribution in [0.4, 0.5) is 5.69 Å². The second kappa shape index (κ2) is 5.92. The molecule has 0 amide bonds. The minimum Gasteiger partial charge on any atom is -0.465 e. The number of esters is 1. The van der Waals surface area contributed by atoms with Crippen molar-refractivity contribution in [1.82, 2.24) is 0 Å². The van der Waals surface area contributed by atoms with Gasteiger partial charge in [0.1, 0.15) is 5.84 Å². The summed E-state index contributed by atoms with van der Waals surface area (Å²) in [6, 6.07) is 4.68. The lowest BCUT2D eigenvalue weighted by Crippen LogP contribution is -2.12. The first-order valence-electron chi connectivity index (χ1n) is 4.70. The third-order valence-electron chi connectivity index (χ3n) is 1.98. The highest BCUT2D eigenvalue weighted by molar-refractivity contribution is 6.28. The van der Waals surface area contributed by atoms with Crippen molar-refractivity contribution in [3.63, 3.8) is 0 Å². The number of nitrogens with zero attached hydrogens (tertiary/aromatic N) is 1. The van der Waals surface area contributed by atoms with Crippen molar-refractivity contribution in [3.8, 4) is 12.3 Å². The Morgan fingerprint density at radius 3 is 2.88 bits per heavy atom. The van der Waals surface area contributed by atoms with Crippen LogP contribution in [-0.4, -0.2) is 24.8 Å². The molecule has 0 aliphatic rings. The fourth-order valence-electron chi connectivity index (χ4n) is 1.18. The van der Waals surface area contributed by atoms with Gasteiger partial charge in [0, 0.05) is 0 Å². The van der Waals surface area contributed by atoms with Gasteiger partial charge in [0.15, 0.2) is 0 Å². The maximum Gasteiger partial charge on any atom is 0.337 e. The summed E-state index contributed by atoms with van der Waals surface area (Å²) in [7, 11) is 1.30. The lowest BCUT2D eigenvalue weighted by Gasteiger charge is -2.04. The predicted molar refractivity (Wildman–Crippen MR) is 67.7 cm³/mol. The fraction of sp³-hybridized carbons (Fsp3) is 0.167. The molecule has 0 aliphatic carbocycles. The molecule has 1 aromatic rings. The number of benzene rings is 1. The number of alkyl halides is 1. The number of nitrogens with two attached hydrogens (primary N) is 1. The van der Waals surface area contributed by atoms with Gasteiger partial charge in [-0.25, -0.2) is 9.79 Å². The molecule has 4 nitrogen and oxygen atoms in total. The van der Waals surface area contributed by atoms with Crippen molar-refractivity contribution in [2.75, 3.05) is 13.0 Å². The summed E-state index contributed by atoms with van der Waals surface area (Å²) in [6.07, 6.45) is 5.32. The van der Waals surface area contributed by atoms with Gasteiger partial charge in [-0.15, -0.1) is 18.0 Å². The largest absolute Gasteiger partial charge is 0.465 e. The highest BCUT2D eigenvalue weighted by Gasteiger charge is 2.08. The molecule has 0 heterocycles. The van der Waals surface area contributed by atoms with Crippen LogP contribution in [0.25, 0.3) is 0 Å². The number of amidine groups is 1. The first-order chi connectivity index (χ1) is 8.12. The molecule has 0 fully saturated rings. The maximum atomic E-state index is 11.3. The summed E-state index contributed by atoms with van der Waals surface area (Å²) in [5.74, 6) is 2.30. The van der Waals surface area contributed by atoms with Crippen molar-refractivity contribution in [2.24, 2.45) is 10.7 Å². The van der Waals surface area contributed by atoms with Crippen molar-refractivity contribution >= 4 is 29.1 Å². The Morgan fingerprint density at radius 1 is 1.65 bits per heavy atom. The number of aliphatic imine (C=N–C) groups is 1. The first kappa shape index (κ1) is 13.1. The van der Waals surface area contributed by atoms with E-state index in [-0.39, 0.29) is 11.7 Å². The lowest BCUT2D eigenvalue weighted by atomic mass is 10.1. The van der Waals surface area contributed by atoms with Gasteiger partial charge in [-0.3, -0.25) is 0 Å². The SMILES string of the molecule is C#Cc1ccc(C(=O)OC)cc1N=C(N)CCl. The average molecular weight is 251 g/mol. The van der Waals surface area contributed by atoms with Crippen LogP contribution in [0, 0.1) is 12.3 Å². The zero-order valence-electron chi connectivity index (χ0n) is 9.24. The Kier molecular flexibility index (Phi) is 4.56. The van der Waals surface area contributed by atoms with Crippen LogP contribution in [0.1, 0.15) is 15.9 Å². The number of terminal acetylenes is 1. The zero-order valence-corrected chi connectivity index (χ0v) is 9.99. The van der Waals surface area contributed by atoms with Crippen molar-refractivity contribution < 1.29 is 9.53 Å². The molecule has 0 aliphatic heterocycles. The summed E-state index contributed by atoms with van der Waals surface area (Å²) in [4.78, 5) is 15.4. The number of rotatable bonds is 3. The number of ether oxygens (including phenoxy) is 1. The summed E-state index contributed by atoms with van der Waals surface area (Å²) < 4.78 is 4.60. The molecule has 0 spiro atoms. The number of carbonyl (C=O) groups excluding carboxylic acids is 1. The molecule has 0 bridgehead atoms. The van der Waals surface area contributed by atoms with E-state index < -0.39 is 5.97 Å². The smallest absolute Gasteiger partial charge is 0.337 e. The molecular weight excluding hydrogens is 240 g/mol. The Bertz CT molecular complexity index is 504. The number of carbonyl (C=O) groups is 1. The summed E-state index contributed by atoms with van der Waals surface area (Å²) in [6.45, 7) is 0. The molecule has 0 saturated heterocycles. The summed E-state index contributed by atoms with van der Waals surface area (Å²) in [5, 5.41) is 0. The van der Waals surface area contributed by atoms with Crippen molar-refractivity contribution in [2.45, 2.75) is 0 Å². The van der Waals surface area contributed by atoms with E-state index in [4.69, 9.17) is 23.8 Å². The van der Waals surface area contributed by atoms with E-state index in [1.54, 1.807) is 12.1 Å². The maximum absolute atomic E-state index is 11.3. The van der Waals surface area contributed by atoms with E-state index in [1.807, 2.05) is 0 Å². The quantitative estimate of drug-likeness (QED) is 0.292. The van der Waals surface area contributed by atoms with Crippen LogP contribution < -0.4 is 5.73 Å². The zero-order chi connectivity index (χ0) is 12.8. The minimum absolute atomic E-state index is 0.0897. The average Bonchev–Trinajstić information content (AvgIpc) is 2.37. The highest BCUT2D eigenvalue weighted by Crippen LogP contribution is 2.21. The number of methoxy groups -OCH3 is 1. The van der Waals surface area contributed by atoms with E-state index >= 15 is 0 Å². The van der Waals surface area contributed by atoms with E-state index in [1.165, 1.54) is 13.2 Å². The van der Waals surface area contributed by atoms with E-state index in [9.17, 15) is 4.79 Å². The van der Waals surface area contributed by atoms with Gasteiger partial charge in [-0.2, -0.15) is 0 Å². The van der Waals surface area contributed by atoms with Crippen molar-refractivity contribution in [3.05, 3.63) is 29.3 Å². The van der Waals surface area contributed by atoms with Gasteiger partial charge < -0.3 is 10.5 Å². The van der Waals surface area contributed by atoms with Gasteiger partial charge in [-0.1, -0.05) is 5.92 Å².